The van der Waals surface area contributed by atoms with Crippen LogP contribution in [0.1, 0.15) is 62.5 Å². The second-order valence-electron chi connectivity index (χ2n) is 14.9. The summed E-state index contributed by atoms with van der Waals surface area (Å²) < 4.78 is 5.96. The van der Waals surface area contributed by atoms with Gasteiger partial charge in [-0.05, 0) is 99.6 Å². The molecule has 2 aliphatic rings. The molecule has 1 aliphatic carbocycles. The molecule has 2 heterocycles. The summed E-state index contributed by atoms with van der Waals surface area (Å²) in [5.74, 6) is 0.971. The third-order valence-electron chi connectivity index (χ3n) is 10.9. The van der Waals surface area contributed by atoms with Gasteiger partial charge in [0.15, 0.2) is 0 Å². The summed E-state index contributed by atoms with van der Waals surface area (Å²) in [5.41, 5.74) is 3.56. The van der Waals surface area contributed by atoms with Crippen LogP contribution in [0.4, 0.5) is 0 Å². The highest BCUT2D eigenvalue weighted by molar-refractivity contribution is 5.84. The summed E-state index contributed by atoms with van der Waals surface area (Å²) in [5, 5.41) is 18.3. The molecule has 3 aromatic carbocycles. The van der Waals surface area contributed by atoms with E-state index >= 15 is 0 Å². The van der Waals surface area contributed by atoms with E-state index in [9.17, 15) is 14.7 Å². The van der Waals surface area contributed by atoms with Crippen LogP contribution in [0.3, 0.4) is 0 Å². The molecular weight excluding hydrogens is 663 g/mol. The molecule has 1 atom stereocenters. The standard InChI is InChI=1S/C44H57N5O4/c50-39(33-53-42-21-9-20-41-40(42)19-10-26-45-41)31-48-27-29-49(30-28-48)32-43(51)46-38-24-22-36(23-25-38)44(52)47-37(17-7-15-34-11-3-1-4-12-34)18-8-16-35-13-5-2-6-14-35/h1-6,9-14,19-21,26,36-39,50H,7-8,15-18,22-25,27-33H2,(H,46,51)(H,47,52)/t36?,38?,39-/m1/s1. The van der Waals surface area contributed by atoms with Crippen LogP contribution in [0.5, 0.6) is 5.75 Å². The van der Waals surface area contributed by atoms with Crippen molar-refractivity contribution in [2.45, 2.75) is 82.4 Å². The quantitative estimate of drug-likeness (QED) is 0.119. The Kier molecular flexibility index (Phi) is 14.7. The van der Waals surface area contributed by atoms with E-state index in [0.29, 0.717) is 13.1 Å². The summed E-state index contributed by atoms with van der Waals surface area (Å²) >= 11 is 0. The lowest BCUT2D eigenvalue weighted by Gasteiger charge is -2.35. The summed E-state index contributed by atoms with van der Waals surface area (Å²) in [7, 11) is 0. The van der Waals surface area contributed by atoms with E-state index < -0.39 is 6.10 Å². The number of amides is 2. The minimum atomic E-state index is -0.612. The van der Waals surface area contributed by atoms with E-state index in [1.54, 1.807) is 6.20 Å². The number of pyridine rings is 1. The normalized spacial score (nSPS) is 18.8. The number of carbonyl (C=O) groups excluding carboxylic acids is 2. The fraction of sp³-hybridized carbons (Fsp3) is 0.477. The summed E-state index contributed by atoms with van der Waals surface area (Å²) in [4.78, 5) is 35.3. The highest BCUT2D eigenvalue weighted by Gasteiger charge is 2.29. The lowest BCUT2D eigenvalue weighted by Crippen LogP contribution is -2.52. The molecule has 1 saturated heterocycles. The van der Waals surface area contributed by atoms with Crippen LogP contribution < -0.4 is 15.4 Å². The Morgan fingerprint density at radius 2 is 1.42 bits per heavy atom. The molecule has 1 saturated carbocycles. The topological polar surface area (TPSA) is 107 Å². The van der Waals surface area contributed by atoms with Gasteiger partial charge in [-0.3, -0.25) is 24.4 Å². The fourth-order valence-electron chi connectivity index (χ4n) is 7.85. The minimum Gasteiger partial charge on any atom is -0.490 e. The van der Waals surface area contributed by atoms with Crippen molar-refractivity contribution in [2.24, 2.45) is 5.92 Å². The molecule has 2 amide bonds. The molecule has 0 bridgehead atoms. The fourth-order valence-corrected chi connectivity index (χ4v) is 7.85. The van der Waals surface area contributed by atoms with Gasteiger partial charge in [-0.15, -0.1) is 0 Å². The number of aliphatic hydroxyl groups is 1. The number of ether oxygens (including phenoxy) is 1. The Morgan fingerprint density at radius 3 is 2.08 bits per heavy atom. The Bertz CT molecular complexity index is 1640. The van der Waals surface area contributed by atoms with Gasteiger partial charge in [-0.1, -0.05) is 66.7 Å². The summed E-state index contributed by atoms with van der Waals surface area (Å²) in [6.07, 6.45) is 10.5. The van der Waals surface area contributed by atoms with Gasteiger partial charge in [0.2, 0.25) is 11.8 Å². The number of β-amino-alcohol motifs (C(OH)–C–C–N with tert-alkyl or cyclic N) is 1. The van der Waals surface area contributed by atoms with E-state index in [1.165, 1.54) is 11.1 Å². The average Bonchev–Trinajstić information content (AvgIpc) is 3.19. The second kappa shape index (κ2) is 20.2. The number of aliphatic hydroxyl groups excluding tert-OH is 1. The van der Waals surface area contributed by atoms with Crippen molar-refractivity contribution in [3.05, 3.63) is 108 Å². The minimum absolute atomic E-state index is 0.00627. The molecule has 4 aromatic rings. The van der Waals surface area contributed by atoms with Gasteiger partial charge in [0.25, 0.3) is 0 Å². The van der Waals surface area contributed by atoms with Crippen molar-refractivity contribution >= 4 is 22.7 Å². The lowest BCUT2D eigenvalue weighted by atomic mass is 9.85. The van der Waals surface area contributed by atoms with E-state index in [1.807, 2.05) is 30.3 Å². The maximum absolute atomic E-state index is 13.5. The first-order chi connectivity index (χ1) is 26.0. The Balaban J connectivity index is 0.865. The molecule has 6 rings (SSSR count). The van der Waals surface area contributed by atoms with Gasteiger partial charge in [0.05, 0.1) is 12.1 Å². The van der Waals surface area contributed by atoms with Crippen LogP contribution in [0.15, 0.2) is 97.2 Å². The number of hydrogen-bond donors (Lipinski definition) is 3. The first-order valence-corrected chi connectivity index (χ1v) is 19.8. The molecule has 9 nitrogen and oxygen atoms in total. The van der Waals surface area contributed by atoms with Gasteiger partial charge in [0, 0.05) is 62.3 Å². The Hall–Kier alpha value is -4.31. The van der Waals surface area contributed by atoms with Gasteiger partial charge >= 0.3 is 0 Å². The molecule has 3 N–H and O–H groups in total. The zero-order chi connectivity index (χ0) is 36.7. The van der Waals surface area contributed by atoms with Crippen LogP contribution in [0.2, 0.25) is 0 Å². The number of piperazine rings is 1. The van der Waals surface area contributed by atoms with Crippen molar-refractivity contribution in [3.63, 3.8) is 0 Å². The zero-order valence-electron chi connectivity index (χ0n) is 31.1. The highest BCUT2D eigenvalue weighted by atomic mass is 16.5. The number of nitrogens with zero attached hydrogens (tertiary/aromatic N) is 3. The molecule has 0 spiro atoms. The van der Waals surface area contributed by atoms with Crippen molar-refractivity contribution in [1.82, 2.24) is 25.4 Å². The molecule has 1 aromatic heterocycles. The third-order valence-corrected chi connectivity index (χ3v) is 10.9. The van der Waals surface area contributed by atoms with Gasteiger partial charge < -0.3 is 20.5 Å². The van der Waals surface area contributed by atoms with Crippen molar-refractivity contribution < 1.29 is 19.4 Å². The number of aromatic nitrogens is 1. The van der Waals surface area contributed by atoms with E-state index in [0.717, 1.165) is 107 Å². The van der Waals surface area contributed by atoms with E-state index in [4.69, 9.17) is 4.74 Å². The number of hydrogen-bond acceptors (Lipinski definition) is 7. The summed E-state index contributed by atoms with van der Waals surface area (Å²) in [6, 6.07) is 31.1. The van der Waals surface area contributed by atoms with Crippen molar-refractivity contribution in [2.75, 3.05) is 45.9 Å². The molecule has 0 radical (unpaired) electrons. The monoisotopic (exact) mass is 719 g/mol. The van der Waals surface area contributed by atoms with Crippen LogP contribution in [-0.4, -0.2) is 95.8 Å². The van der Waals surface area contributed by atoms with E-state index in [-0.39, 0.29) is 36.4 Å². The van der Waals surface area contributed by atoms with Gasteiger partial charge in [-0.2, -0.15) is 0 Å². The molecule has 0 unspecified atom stereocenters. The van der Waals surface area contributed by atoms with Crippen molar-refractivity contribution in [3.8, 4) is 5.75 Å². The maximum atomic E-state index is 13.5. The zero-order valence-corrected chi connectivity index (χ0v) is 31.1. The first-order valence-electron chi connectivity index (χ1n) is 19.8. The third kappa shape index (κ3) is 12.4. The number of aryl methyl sites for hydroxylation is 2. The van der Waals surface area contributed by atoms with E-state index in [2.05, 4.69) is 86.1 Å². The molecular formula is C44H57N5O4. The molecule has 282 valence electrons. The largest absolute Gasteiger partial charge is 0.490 e. The van der Waals surface area contributed by atoms with Crippen molar-refractivity contribution in [1.29, 1.82) is 0 Å². The lowest BCUT2D eigenvalue weighted by molar-refractivity contribution is -0.127. The van der Waals surface area contributed by atoms with Crippen LogP contribution in [0.25, 0.3) is 10.9 Å². The Labute approximate surface area is 315 Å². The van der Waals surface area contributed by atoms with Crippen LogP contribution in [-0.2, 0) is 22.4 Å². The van der Waals surface area contributed by atoms with Crippen LogP contribution in [0, 0.1) is 5.92 Å². The first kappa shape index (κ1) is 38.4. The summed E-state index contributed by atoms with van der Waals surface area (Å²) in [6.45, 7) is 4.27. The Morgan fingerprint density at radius 1 is 0.774 bits per heavy atom. The number of nitrogens with one attached hydrogen (secondary N) is 2. The van der Waals surface area contributed by atoms with Crippen LogP contribution >= 0.6 is 0 Å². The highest BCUT2D eigenvalue weighted by Crippen LogP contribution is 2.26. The SMILES string of the molecule is O=C(CN1CCN(C[C@@H](O)COc2cccc3ncccc23)CC1)NC1CCC(C(=O)NC(CCCc2ccccc2)CCCc2ccccc2)CC1. The molecule has 1 aliphatic heterocycles. The number of fused-ring (bicyclic) bond motifs is 1. The number of carbonyl (C=O) groups is 2. The van der Waals surface area contributed by atoms with Gasteiger partial charge in [-0.25, -0.2) is 0 Å². The smallest absolute Gasteiger partial charge is 0.234 e. The average molecular weight is 720 g/mol. The predicted molar refractivity (Wildman–Crippen MR) is 211 cm³/mol. The molecule has 9 heteroatoms. The van der Waals surface area contributed by atoms with Gasteiger partial charge in [0.1, 0.15) is 18.5 Å². The molecule has 2 fully saturated rings. The predicted octanol–water partition coefficient (Wildman–Crippen LogP) is 5.80. The molecule has 53 heavy (non-hydrogen) atoms. The number of benzene rings is 3. The number of rotatable bonds is 18. The maximum Gasteiger partial charge on any atom is 0.234 e. The second-order valence-corrected chi connectivity index (χ2v) is 14.9.